The van der Waals surface area contributed by atoms with Gasteiger partial charge in [-0.05, 0) is 38.7 Å². The average molecular weight is 554 g/mol. The van der Waals surface area contributed by atoms with E-state index >= 15 is 0 Å². The molecular formula is C17H25F6IN6. The lowest BCUT2D eigenvalue weighted by molar-refractivity contribution is -0.182. The van der Waals surface area contributed by atoms with E-state index in [9.17, 15) is 26.3 Å². The standard InChI is InChI=1S/C17H24F6N6.HI/c1-2-24-14(28-12-5-3-11(4-6-12)16(18,19)20)26-9-10-27-15-25-8-7-13(29-15)17(21,22)23;/h7-8,11-12H,2-6,9-10H2,1H3,(H2,24,26,28)(H,25,27,29);1H. The number of alkyl halides is 6. The van der Waals surface area contributed by atoms with Gasteiger partial charge in [-0.15, -0.1) is 24.0 Å². The molecule has 0 atom stereocenters. The number of nitrogens with one attached hydrogen (secondary N) is 3. The van der Waals surface area contributed by atoms with Gasteiger partial charge in [0, 0.05) is 25.3 Å². The third kappa shape index (κ3) is 8.68. The van der Waals surface area contributed by atoms with Crippen molar-refractivity contribution in [2.24, 2.45) is 10.9 Å². The third-order valence-electron chi connectivity index (χ3n) is 4.49. The molecule has 1 heterocycles. The molecule has 6 nitrogen and oxygen atoms in total. The summed E-state index contributed by atoms with van der Waals surface area (Å²) in [7, 11) is 0. The maximum atomic E-state index is 12.8. The van der Waals surface area contributed by atoms with Gasteiger partial charge in [-0.2, -0.15) is 26.3 Å². The smallest absolute Gasteiger partial charge is 0.357 e. The Labute approximate surface area is 187 Å². The van der Waals surface area contributed by atoms with Crippen LogP contribution in [0.2, 0.25) is 0 Å². The maximum absolute atomic E-state index is 12.8. The van der Waals surface area contributed by atoms with Crippen LogP contribution in [0.1, 0.15) is 38.3 Å². The van der Waals surface area contributed by atoms with Crippen molar-refractivity contribution in [2.75, 3.05) is 25.0 Å². The van der Waals surface area contributed by atoms with E-state index in [0.29, 0.717) is 25.3 Å². The molecule has 30 heavy (non-hydrogen) atoms. The number of aliphatic imine (C=N–C) groups is 1. The normalized spacial score (nSPS) is 20.3. The van der Waals surface area contributed by atoms with Gasteiger partial charge in [-0.1, -0.05) is 0 Å². The number of hydrogen-bond donors (Lipinski definition) is 3. The predicted octanol–water partition coefficient (Wildman–Crippen LogP) is 4.20. The van der Waals surface area contributed by atoms with Crippen LogP contribution in [0.4, 0.5) is 32.3 Å². The van der Waals surface area contributed by atoms with Crippen LogP contribution in [0.5, 0.6) is 0 Å². The van der Waals surface area contributed by atoms with Crippen LogP contribution < -0.4 is 16.0 Å². The van der Waals surface area contributed by atoms with Crippen LogP contribution in [-0.4, -0.2) is 47.8 Å². The molecule has 172 valence electrons. The Kier molecular flexibility index (Phi) is 10.4. The molecule has 1 aliphatic rings. The molecule has 2 rings (SSSR count). The quantitative estimate of drug-likeness (QED) is 0.162. The van der Waals surface area contributed by atoms with Gasteiger partial charge in [0.1, 0.15) is 5.69 Å². The summed E-state index contributed by atoms with van der Waals surface area (Å²) in [6.45, 7) is 2.83. The Morgan fingerprint density at radius 3 is 2.37 bits per heavy atom. The van der Waals surface area contributed by atoms with Crippen molar-refractivity contribution in [3.05, 3.63) is 18.0 Å². The third-order valence-corrected chi connectivity index (χ3v) is 4.49. The predicted molar refractivity (Wildman–Crippen MR) is 112 cm³/mol. The van der Waals surface area contributed by atoms with Crippen LogP contribution in [0.15, 0.2) is 17.3 Å². The zero-order valence-corrected chi connectivity index (χ0v) is 18.6. The molecule has 1 fully saturated rings. The highest BCUT2D eigenvalue weighted by Gasteiger charge is 2.41. The molecule has 1 aromatic rings. The van der Waals surface area contributed by atoms with Crippen LogP contribution in [0.25, 0.3) is 0 Å². The molecule has 0 bridgehead atoms. The fourth-order valence-electron chi connectivity index (χ4n) is 3.02. The molecule has 1 saturated carbocycles. The van der Waals surface area contributed by atoms with Gasteiger partial charge in [-0.25, -0.2) is 9.97 Å². The lowest BCUT2D eigenvalue weighted by atomic mass is 9.85. The van der Waals surface area contributed by atoms with E-state index in [-0.39, 0.29) is 61.9 Å². The van der Waals surface area contributed by atoms with Crippen LogP contribution in [-0.2, 0) is 6.18 Å². The molecule has 0 amide bonds. The summed E-state index contributed by atoms with van der Waals surface area (Å²) < 4.78 is 76.2. The summed E-state index contributed by atoms with van der Waals surface area (Å²) in [6.07, 6.45) is -6.74. The van der Waals surface area contributed by atoms with Gasteiger partial charge in [0.25, 0.3) is 0 Å². The van der Waals surface area contributed by atoms with Crippen LogP contribution >= 0.6 is 24.0 Å². The summed E-state index contributed by atoms with van der Waals surface area (Å²) in [5.74, 6) is -0.954. The number of hydrogen-bond acceptors (Lipinski definition) is 4. The summed E-state index contributed by atoms with van der Waals surface area (Å²) in [5.41, 5.74) is -1.04. The van der Waals surface area contributed by atoms with Gasteiger partial charge in [0.2, 0.25) is 5.95 Å². The number of halogens is 7. The van der Waals surface area contributed by atoms with Crippen molar-refractivity contribution in [1.29, 1.82) is 0 Å². The Balaban J connectivity index is 0.00000450. The summed E-state index contributed by atoms with van der Waals surface area (Å²) in [6, 6.07) is 0.676. The molecular weight excluding hydrogens is 529 g/mol. The van der Waals surface area contributed by atoms with E-state index in [4.69, 9.17) is 0 Å². The largest absolute Gasteiger partial charge is 0.433 e. The zero-order valence-electron chi connectivity index (χ0n) is 16.3. The fraction of sp³-hybridized carbons (Fsp3) is 0.706. The van der Waals surface area contributed by atoms with Crippen molar-refractivity contribution < 1.29 is 26.3 Å². The van der Waals surface area contributed by atoms with Crippen LogP contribution in [0, 0.1) is 5.92 Å². The number of nitrogens with zero attached hydrogens (tertiary/aromatic N) is 3. The van der Waals surface area contributed by atoms with E-state index in [2.05, 4.69) is 30.9 Å². The number of aromatic nitrogens is 2. The second kappa shape index (κ2) is 11.7. The van der Waals surface area contributed by atoms with E-state index in [1.807, 2.05) is 6.92 Å². The van der Waals surface area contributed by atoms with Gasteiger partial charge in [0.05, 0.1) is 12.5 Å². The van der Waals surface area contributed by atoms with Crippen molar-refractivity contribution in [1.82, 2.24) is 20.6 Å². The first-order valence-electron chi connectivity index (χ1n) is 9.35. The Morgan fingerprint density at radius 1 is 1.13 bits per heavy atom. The minimum Gasteiger partial charge on any atom is -0.357 e. The van der Waals surface area contributed by atoms with E-state index in [1.54, 1.807) is 0 Å². The van der Waals surface area contributed by atoms with Crippen LogP contribution in [0.3, 0.4) is 0 Å². The highest BCUT2D eigenvalue weighted by Crippen LogP contribution is 2.37. The summed E-state index contributed by atoms with van der Waals surface area (Å²) >= 11 is 0. The Morgan fingerprint density at radius 2 is 1.80 bits per heavy atom. The molecule has 0 radical (unpaired) electrons. The second-order valence-electron chi connectivity index (χ2n) is 6.69. The molecule has 0 aromatic carbocycles. The fourth-order valence-corrected chi connectivity index (χ4v) is 3.02. The Hall–Kier alpha value is -1.54. The van der Waals surface area contributed by atoms with Crippen molar-refractivity contribution in [2.45, 2.75) is 51.0 Å². The lowest BCUT2D eigenvalue weighted by Gasteiger charge is -2.31. The summed E-state index contributed by atoms with van der Waals surface area (Å²) in [5, 5.41) is 8.80. The van der Waals surface area contributed by atoms with Crippen molar-refractivity contribution in [3.8, 4) is 0 Å². The van der Waals surface area contributed by atoms with Gasteiger partial charge < -0.3 is 16.0 Å². The number of rotatable bonds is 6. The SMILES string of the molecule is CCNC(=NCCNc1nccc(C(F)(F)F)n1)NC1CCC(C(F)(F)F)CC1.I. The van der Waals surface area contributed by atoms with Crippen molar-refractivity contribution >= 4 is 35.9 Å². The van der Waals surface area contributed by atoms with E-state index < -0.39 is 24.0 Å². The molecule has 1 aliphatic carbocycles. The topological polar surface area (TPSA) is 74.2 Å². The maximum Gasteiger partial charge on any atom is 0.433 e. The second-order valence-corrected chi connectivity index (χ2v) is 6.69. The van der Waals surface area contributed by atoms with Gasteiger partial charge >= 0.3 is 12.4 Å². The van der Waals surface area contributed by atoms with Gasteiger partial charge in [-0.3, -0.25) is 4.99 Å². The highest BCUT2D eigenvalue weighted by atomic mass is 127. The lowest BCUT2D eigenvalue weighted by Crippen LogP contribution is -2.46. The molecule has 0 unspecified atom stereocenters. The molecule has 3 N–H and O–H groups in total. The first-order chi connectivity index (χ1) is 13.6. The molecule has 13 heteroatoms. The van der Waals surface area contributed by atoms with Crippen molar-refractivity contribution in [3.63, 3.8) is 0 Å². The van der Waals surface area contributed by atoms with E-state index in [0.717, 1.165) is 12.3 Å². The average Bonchev–Trinajstić information content (AvgIpc) is 2.64. The minimum absolute atomic E-state index is 0. The number of guanidine groups is 1. The summed E-state index contributed by atoms with van der Waals surface area (Å²) in [4.78, 5) is 11.4. The minimum atomic E-state index is -4.55. The van der Waals surface area contributed by atoms with E-state index in [1.165, 1.54) is 0 Å². The Bertz CT molecular complexity index is 673. The first-order valence-corrected chi connectivity index (χ1v) is 9.35. The molecule has 0 aliphatic heterocycles. The first kappa shape index (κ1) is 26.5. The molecule has 0 spiro atoms. The number of anilines is 1. The van der Waals surface area contributed by atoms with Gasteiger partial charge in [0.15, 0.2) is 5.96 Å². The monoisotopic (exact) mass is 554 g/mol. The molecule has 1 aromatic heterocycles. The zero-order chi connectivity index (χ0) is 21.5. The molecule has 0 saturated heterocycles. The highest BCUT2D eigenvalue weighted by molar-refractivity contribution is 14.0.